The Bertz CT molecular complexity index is 958. The first-order valence-corrected chi connectivity index (χ1v) is 9.77. The summed E-state index contributed by atoms with van der Waals surface area (Å²) in [7, 11) is -4.24. The van der Waals surface area contributed by atoms with E-state index in [1.54, 1.807) is 6.07 Å². The highest BCUT2D eigenvalue weighted by Gasteiger charge is 2.29. The highest BCUT2D eigenvalue weighted by Crippen LogP contribution is 2.20. The summed E-state index contributed by atoms with van der Waals surface area (Å²) in [6, 6.07) is 7.29. The van der Waals surface area contributed by atoms with Crippen molar-refractivity contribution < 1.29 is 26.4 Å². The summed E-state index contributed by atoms with van der Waals surface area (Å²) in [5.41, 5.74) is -0.0432. The molecule has 9 heteroatoms. The first kappa shape index (κ1) is 19.4. The van der Waals surface area contributed by atoms with Gasteiger partial charge in [-0.2, -0.15) is 0 Å². The van der Waals surface area contributed by atoms with Crippen molar-refractivity contribution in [2.24, 2.45) is 0 Å². The monoisotopic (exact) mass is 398 g/mol. The van der Waals surface area contributed by atoms with Gasteiger partial charge < -0.3 is 4.90 Å². The molecule has 2 aromatic rings. The van der Waals surface area contributed by atoms with Crippen LogP contribution in [-0.4, -0.2) is 38.4 Å². The minimum atomic E-state index is -4.24. The Morgan fingerprint density at radius 1 is 1.00 bits per heavy atom. The van der Waals surface area contributed by atoms with E-state index in [-0.39, 0.29) is 31.5 Å². The summed E-state index contributed by atoms with van der Waals surface area (Å²) < 4.78 is 67.7. The third kappa shape index (κ3) is 4.30. The van der Waals surface area contributed by atoms with Gasteiger partial charge >= 0.3 is 0 Å². The summed E-state index contributed by atoms with van der Waals surface area (Å²) in [5.74, 6) is -2.99. The first-order valence-electron chi connectivity index (χ1n) is 8.29. The van der Waals surface area contributed by atoms with Gasteiger partial charge in [-0.1, -0.05) is 12.1 Å². The molecule has 1 fully saturated rings. The van der Waals surface area contributed by atoms with E-state index in [2.05, 4.69) is 4.72 Å². The highest BCUT2D eigenvalue weighted by molar-refractivity contribution is 7.89. The normalized spacial score (nSPS) is 15.7. The molecule has 1 N–H and O–H groups in total. The van der Waals surface area contributed by atoms with Crippen molar-refractivity contribution in [1.29, 1.82) is 0 Å². The van der Waals surface area contributed by atoms with Crippen molar-refractivity contribution in [3.63, 3.8) is 0 Å². The van der Waals surface area contributed by atoms with E-state index in [1.807, 2.05) is 0 Å². The van der Waals surface area contributed by atoms with Crippen LogP contribution in [0.25, 0.3) is 0 Å². The molecule has 0 aromatic heterocycles. The fourth-order valence-electron chi connectivity index (χ4n) is 2.97. The summed E-state index contributed by atoms with van der Waals surface area (Å²) in [6.07, 6.45) is 0.548. The number of amides is 1. The molecule has 1 saturated heterocycles. The lowest BCUT2D eigenvalue weighted by molar-refractivity contribution is 0.0706. The van der Waals surface area contributed by atoms with Crippen LogP contribution < -0.4 is 4.72 Å². The van der Waals surface area contributed by atoms with Crippen LogP contribution in [-0.2, 0) is 10.0 Å². The van der Waals surface area contributed by atoms with E-state index in [0.717, 1.165) is 12.1 Å². The molecule has 5 nitrogen and oxygen atoms in total. The Balaban J connectivity index is 1.65. The van der Waals surface area contributed by atoms with Crippen molar-refractivity contribution in [3.05, 3.63) is 65.5 Å². The third-order valence-corrected chi connectivity index (χ3v) is 5.93. The van der Waals surface area contributed by atoms with E-state index in [9.17, 15) is 26.4 Å². The lowest BCUT2D eigenvalue weighted by Crippen LogP contribution is -2.46. The fourth-order valence-corrected chi connectivity index (χ4v) is 4.37. The van der Waals surface area contributed by atoms with Gasteiger partial charge in [0.1, 0.15) is 22.3 Å². The summed E-state index contributed by atoms with van der Waals surface area (Å²) in [4.78, 5) is 13.1. The number of hydrogen-bond donors (Lipinski definition) is 1. The average molecular weight is 398 g/mol. The smallest absolute Gasteiger partial charge is 0.256 e. The lowest BCUT2D eigenvalue weighted by Gasteiger charge is -2.32. The van der Waals surface area contributed by atoms with Crippen LogP contribution in [0.15, 0.2) is 47.4 Å². The molecule has 1 aliphatic heterocycles. The topological polar surface area (TPSA) is 66.5 Å². The molecule has 1 amide bonds. The van der Waals surface area contributed by atoms with Gasteiger partial charge in [-0.15, -0.1) is 0 Å². The number of carbonyl (C=O) groups is 1. The molecule has 0 radical (unpaired) electrons. The predicted molar refractivity (Wildman–Crippen MR) is 92.0 cm³/mol. The van der Waals surface area contributed by atoms with Crippen LogP contribution in [0.3, 0.4) is 0 Å². The van der Waals surface area contributed by atoms with Gasteiger partial charge in [-0.3, -0.25) is 4.79 Å². The highest BCUT2D eigenvalue weighted by atomic mass is 32.2. The van der Waals surface area contributed by atoms with Crippen LogP contribution in [0.4, 0.5) is 13.2 Å². The van der Waals surface area contributed by atoms with Crippen LogP contribution in [0.2, 0.25) is 0 Å². The number of sulfonamides is 1. The number of benzene rings is 2. The number of rotatable bonds is 4. The molecule has 0 aliphatic carbocycles. The van der Waals surface area contributed by atoms with Crippen LogP contribution >= 0.6 is 0 Å². The largest absolute Gasteiger partial charge is 0.338 e. The first-order chi connectivity index (χ1) is 12.8. The molecule has 1 aliphatic rings. The van der Waals surface area contributed by atoms with Crippen LogP contribution in [0, 0.1) is 17.5 Å². The molecule has 27 heavy (non-hydrogen) atoms. The van der Waals surface area contributed by atoms with Gasteiger partial charge in [0.2, 0.25) is 10.0 Å². The zero-order valence-corrected chi connectivity index (χ0v) is 15.0. The molecule has 0 atom stereocenters. The number of likely N-dealkylation sites (tertiary alicyclic amines) is 1. The average Bonchev–Trinajstić information content (AvgIpc) is 2.64. The van der Waals surface area contributed by atoms with Gasteiger partial charge in [-0.25, -0.2) is 26.3 Å². The number of nitrogens with zero attached hydrogens (tertiary/aromatic N) is 1. The van der Waals surface area contributed by atoms with E-state index in [1.165, 1.54) is 23.1 Å². The standard InChI is InChI=1S/C18H17F3N2O3S/c19-12-5-6-16(21)17(11-12)27(25,26)22-13-7-9-23(10-8-13)18(24)14-3-1-2-4-15(14)20/h1-6,11,13,22H,7-10H2. The number of halogens is 3. The maximum absolute atomic E-state index is 13.7. The number of carbonyl (C=O) groups excluding carboxylic acids is 1. The Kier molecular flexibility index (Phi) is 5.52. The second kappa shape index (κ2) is 7.69. The van der Waals surface area contributed by atoms with E-state index < -0.39 is 44.3 Å². The molecular formula is C18H17F3N2O3S. The van der Waals surface area contributed by atoms with Gasteiger partial charge in [0, 0.05) is 19.1 Å². The molecular weight excluding hydrogens is 381 g/mol. The van der Waals surface area contributed by atoms with E-state index in [0.29, 0.717) is 6.07 Å². The summed E-state index contributed by atoms with van der Waals surface area (Å²) in [5, 5.41) is 0. The SMILES string of the molecule is O=C(c1ccccc1F)N1CCC(NS(=O)(=O)c2cc(F)ccc2F)CC1. The molecule has 2 aromatic carbocycles. The number of nitrogens with one attached hydrogen (secondary N) is 1. The predicted octanol–water partition coefficient (Wildman–Crippen LogP) is 2.69. The minimum absolute atomic E-state index is 0.0432. The second-order valence-electron chi connectivity index (χ2n) is 6.24. The van der Waals surface area contributed by atoms with E-state index in [4.69, 9.17) is 0 Å². The Hall–Kier alpha value is -2.39. The fraction of sp³-hybridized carbons (Fsp3) is 0.278. The van der Waals surface area contributed by atoms with Crippen molar-refractivity contribution in [3.8, 4) is 0 Å². The van der Waals surface area contributed by atoms with Gasteiger partial charge in [0.25, 0.3) is 5.91 Å². The minimum Gasteiger partial charge on any atom is -0.338 e. The third-order valence-electron chi connectivity index (χ3n) is 4.39. The van der Waals surface area contributed by atoms with Gasteiger partial charge in [0.15, 0.2) is 0 Å². The molecule has 0 spiro atoms. The quantitative estimate of drug-likeness (QED) is 0.861. The molecule has 144 valence electrons. The maximum Gasteiger partial charge on any atom is 0.256 e. The molecule has 0 unspecified atom stereocenters. The van der Waals surface area contributed by atoms with Crippen molar-refractivity contribution in [2.75, 3.05) is 13.1 Å². The maximum atomic E-state index is 13.7. The zero-order valence-electron chi connectivity index (χ0n) is 14.2. The Labute approximate surface area is 154 Å². The van der Waals surface area contributed by atoms with Crippen molar-refractivity contribution in [2.45, 2.75) is 23.8 Å². The van der Waals surface area contributed by atoms with Gasteiger partial charge in [-0.05, 0) is 43.2 Å². The van der Waals surface area contributed by atoms with Crippen molar-refractivity contribution in [1.82, 2.24) is 9.62 Å². The molecule has 1 heterocycles. The van der Waals surface area contributed by atoms with Gasteiger partial charge in [0.05, 0.1) is 5.56 Å². The van der Waals surface area contributed by atoms with E-state index >= 15 is 0 Å². The van der Waals surface area contributed by atoms with Crippen LogP contribution in [0.5, 0.6) is 0 Å². The zero-order chi connectivity index (χ0) is 19.6. The van der Waals surface area contributed by atoms with Crippen molar-refractivity contribution >= 4 is 15.9 Å². The lowest BCUT2D eigenvalue weighted by atomic mass is 10.0. The summed E-state index contributed by atoms with van der Waals surface area (Å²) in [6.45, 7) is 0.429. The Morgan fingerprint density at radius 3 is 2.33 bits per heavy atom. The number of piperidine rings is 1. The molecule has 0 bridgehead atoms. The number of hydrogen-bond acceptors (Lipinski definition) is 3. The second-order valence-corrected chi connectivity index (χ2v) is 7.92. The van der Waals surface area contributed by atoms with Crippen LogP contribution in [0.1, 0.15) is 23.2 Å². The Morgan fingerprint density at radius 2 is 1.67 bits per heavy atom. The molecule has 3 rings (SSSR count). The summed E-state index contributed by atoms with van der Waals surface area (Å²) >= 11 is 0. The molecule has 0 saturated carbocycles.